The number of hydrogen-bond acceptors (Lipinski definition) is 6. The van der Waals surface area contributed by atoms with Gasteiger partial charge in [-0.25, -0.2) is 5.43 Å². The summed E-state index contributed by atoms with van der Waals surface area (Å²) in [6, 6.07) is 4.76. The van der Waals surface area contributed by atoms with Crippen molar-refractivity contribution in [2.75, 3.05) is 25.0 Å². The third-order valence-electron chi connectivity index (χ3n) is 5.93. The van der Waals surface area contributed by atoms with Crippen molar-refractivity contribution in [3.05, 3.63) is 18.3 Å². The first kappa shape index (κ1) is 15.8. The molecule has 3 heterocycles. The fourth-order valence-electron chi connectivity index (χ4n) is 4.45. The van der Waals surface area contributed by atoms with Crippen LogP contribution in [0.15, 0.2) is 18.3 Å². The van der Waals surface area contributed by atoms with E-state index in [1.807, 2.05) is 17.0 Å². The summed E-state index contributed by atoms with van der Waals surface area (Å²) in [4.78, 5) is 17.1. The van der Waals surface area contributed by atoms with Crippen molar-refractivity contribution in [1.29, 1.82) is 0 Å². The van der Waals surface area contributed by atoms with Crippen LogP contribution in [-0.4, -0.2) is 59.3 Å². The molecule has 7 heteroatoms. The van der Waals surface area contributed by atoms with Crippen molar-refractivity contribution in [3.8, 4) is 0 Å². The molecule has 0 radical (unpaired) electrons. The van der Waals surface area contributed by atoms with Crippen molar-refractivity contribution in [1.82, 2.24) is 25.9 Å². The standard InChI is InChI=1S/C17H26N6O/c1-22(15-6-3-9-18-20-15)12-7-10-23(11-8-12)17(24)16-13-4-2-5-14(13)19-21-16/h3,6,9,12-14,16,19,21H,2,4-5,7-8,10-11H2,1H3. The van der Waals surface area contributed by atoms with Gasteiger partial charge in [-0.15, -0.1) is 5.10 Å². The van der Waals surface area contributed by atoms with E-state index in [1.54, 1.807) is 6.20 Å². The number of nitrogens with one attached hydrogen (secondary N) is 2. The molecule has 7 nitrogen and oxygen atoms in total. The zero-order valence-electron chi connectivity index (χ0n) is 14.2. The number of amides is 1. The molecular weight excluding hydrogens is 304 g/mol. The number of hydrogen-bond donors (Lipinski definition) is 2. The molecule has 0 aromatic carbocycles. The largest absolute Gasteiger partial charge is 0.355 e. The Morgan fingerprint density at radius 3 is 2.83 bits per heavy atom. The summed E-state index contributed by atoms with van der Waals surface area (Å²) in [7, 11) is 2.07. The average Bonchev–Trinajstić information content (AvgIpc) is 3.25. The smallest absolute Gasteiger partial charge is 0.241 e. The minimum absolute atomic E-state index is 0.0354. The van der Waals surface area contributed by atoms with Gasteiger partial charge in [0.1, 0.15) is 6.04 Å². The van der Waals surface area contributed by atoms with Gasteiger partial charge in [0, 0.05) is 44.3 Å². The fraction of sp³-hybridized carbons (Fsp3) is 0.706. The molecule has 3 atom stereocenters. The summed E-state index contributed by atoms with van der Waals surface area (Å²) >= 11 is 0. The number of likely N-dealkylation sites (tertiary alicyclic amines) is 1. The number of rotatable bonds is 3. The van der Waals surface area contributed by atoms with E-state index in [-0.39, 0.29) is 11.9 Å². The Labute approximate surface area is 142 Å². The average molecular weight is 330 g/mol. The van der Waals surface area contributed by atoms with Gasteiger partial charge in [0.15, 0.2) is 5.82 Å². The molecule has 1 aromatic heterocycles. The number of anilines is 1. The molecule has 3 aliphatic rings. The lowest BCUT2D eigenvalue weighted by Gasteiger charge is -2.38. The second-order valence-corrected chi connectivity index (χ2v) is 7.22. The van der Waals surface area contributed by atoms with Gasteiger partial charge < -0.3 is 9.80 Å². The summed E-state index contributed by atoms with van der Waals surface area (Å²) in [5.41, 5.74) is 6.56. The molecule has 1 saturated carbocycles. The van der Waals surface area contributed by atoms with Crippen LogP contribution in [0.3, 0.4) is 0 Å². The zero-order valence-corrected chi connectivity index (χ0v) is 14.2. The van der Waals surface area contributed by atoms with Gasteiger partial charge >= 0.3 is 0 Å². The number of piperidine rings is 1. The minimum atomic E-state index is -0.0354. The number of aromatic nitrogens is 2. The van der Waals surface area contributed by atoms with Crippen molar-refractivity contribution >= 4 is 11.7 Å². The summed E-state index contributed by atoms with van der Waals surface area (Å²) in [5.74, 6) is 1.65. The number of carbonyl (C=O) groups is 1. The van der Waals surface area contributed by atoms with E-state index in [4.69, 9.17) is 0 Å². The Hall–Kier alpha value is -1.73. The molecule has 1 amide bonds. The maximum Gasteiger partial charge on any atom is 0.241 e. The van der Waals surface area contributed by atoms with Gasteiger partial charge in [-0.05, 0) is 37.8 Å². The van der Waals surface area contributed by atoms with E-state index in [0.717, 1.165) is 38.2 Å². The topological polar surface area (TPSA) is 73.4 Å². The first-order chi connectivity index (χ1) is 11.7. The highest BCUT2D eigenvalue weighted by Crippen LogP contribution is 2.32. The van der Waals surface area contributed by atoms with E-state index in [2.05, 4.69) is 33.0 Å². The minimum Gasteiger partial charge on any atom is -0.355 e. The maximum absolute atomic E-state index is 12.9. The van der Waals surface area contributed by atoms with E-state index >= 15 is 0 Å². The van der Waals surface area contributed by atoms with Crippen LogP contribution in [0.1, 0.15) is 32.1 Å². The van der Waals surface area contributed by atoms with Gasteiger partial charge in [-0.2, -0.15) is 5.10 Å². The highest BCUT2D eigenvalue weighted by Gasteiger charge is 2.44. The van der Waals surface area contributed by atoms with E-state index in [1.165, 1.54) is 12.8 Å². The maximum atomic E-state index is 12.9. The van der Waals surface area contributed by atoms with Crippen LogP contribution < -0.4 is 15.8 Å². The van der Waals surface area contributed by atoms with Crippen LogP contribution in [-0.2, 0) is 4.79 Å². The Bertz CT molecular complexity index is 574. The highest BCUT2D eigenvalue weighted by atomic mass is 16.2. The molecule has 0 spiro atoms. The molecule has 0 bridgehead atoms. The lowest BCUT2D eigenvalue weighted by atomic mass is 9.95. The van der Waals surface area contributed by atoms with Crippen molar-refractivity contribution in [2.45, 2.75) is 50.2 Å². The monoisotopic (exact) mass is 330 g/mol. The quantitative estimate of drug-likeness (QED) is 0.843. The Kier molecular flexibility index (Phi) is 4.37. The molecule has 4 rings (SSSR count). The summed E-state index contributed by atoms with van der Waals surface area (Å²) in [5, 5.41) is 8.14. The van der Waals surface area contributed by atoms with Crippen molar-refractivity contribution in [2.24, 2.45) is 5.92 Å². The molecule has 2 N–H and O–H groups in total. The van der Waals surface area contributed by atoms with Crippen LogP contribution in [0.5, 0.6) is 0 Å². The molecule has 2 saturated heterocycles. The van der Waals surface area contributed by atoms with Crippen LogP contribution >= 0.6 is 0 Å². The summed E-state index contributed by atoms with van der Waals surface area (Å²) in [6.45, 7) is 1.65. The van der Waals surface area contributed by atoms with Gasteiger partial charge in [0.05, 0.1) is 0 Å². The number of carbonyl (C=O) groups excluding carboxylic acids is 1. The normalized spacial score (nSPS) is 30.4. The second-order valence-electron chi connectivity index (χ2n) is 7.22. The molecular formula is C17H26N6O. The third-order valence-corrected chi connectivity index (χ3v) is 5.93. The number of nitrogens with zero attached hydrogens (tertiary/aromatic N) is 4. The van der Waals surface area contributed by atoms with Crippen LogP contribution in [0.4, 0.5) is 5.82 Å². The number of hydrazine groups is 1. The Balaban J connectivity index is 1.33. The van der Waals surface area contributed by atoms with Crippen LogP contribution in [0.25, 0.3) is 0 Å². The molecule has 1 aromatic rings. The van der Waals surface area contributed by atoms with Gasteiger partial charge in [-0.1, -0.05) is 6.42 Å². The van der Waals surface area contributed by atoms with Crippen molar-refractivity contribution in [3.63, 3.8) is 0 Å². The van der Waals surface area contributed by atoms with Crippen LogP contribution in [0.2, 0.25) is 0 Å². The van der Waals surface area contributed by atoms with Gasteiger partial charge in [0.2, 0.25) is 5.91 Å². The van der Waals surface area contributed by atoms with Gasteiger partial charge in [0.25, 0.3) is 0 Å². The number of fused-ring (bicyclic) bond motifs is 1. The van der Waals surface area contributed by atoms with E-state index in [0.29, 0.717) is 18.0 Å². The summed E-state index contributed by atoms with van der Waals surface area (Å²) < 4.78 is 0. The Morgan fingerprint density at radius 2 is 2.08 bits per heavy atom. The first-order valence-corrected chi connectivity index (χ1v) is 9.04. The SMILES string of the molecule is CN(c1cccnn1)C1CCN(C(=O)C2NNC3CCCC32)CC1. The molecule has 3 unspecified atom stereocenters. The highest BCUT2D eigenvalue weighted by molar-refractivity contribution is 5.82. The molecule has 2 aliphatic heterocycles. The molecule has 130 valence electrons. The Morgan fingerprint density at radius 1 is 1.25 bits per heavy atom. The lowest BCUT2D eigenvalue weighted by Crippen LogP contribution is -2.52. The fourth-order valence-corrected chi connectivity index (χ4v) is 4.45. The summed E-state index contributed by atoms with van der Waals surface area (Å²) in [6.07, 6.45) is 7.23. The second kappa shape index (κ2) is 6.64. The third kappa shape index (κ3) is 2.86. The van der Waals surface area contributed by atoms with Gasteiger partial charge in [-0.3, -0.25) is 10.2 Å². The van der Waals surface area contributed by atoms with E-state index in [9.17, 15) is 4.79 Å². The van der Waals surface area contributed by atoms with Crippen LogP contribution in [0, 0.1) is 5.92 Å². The van der Waals surface area contributed by atoms with E-state index < -0.39 is 0 Å². The lowest BCUT2D eigenvalue weighted by molar-refractivity contribution is -0.135. The zero-order chi connectivity index (χ0) is 16.5. The molecule has 3 fully saturated rings. The predicted molar refractivity (Wildman–Crippen MR) is 91.2 cm³/mol. The van der Waals surface area contributed by atoms with Crippen molar-refractivity contribution < 1.29 is 4.79 Å². The predicted octanol–water partition coefficient (Wildman–Crippen LogP) is 0.549. The molecule has 24 heavy (non-hydrogen) atoms. The first-order valence-electron chi connectivity index (χ1n) is 9.04. The molecule has 1 aliphatic carbocycles.